The van der Waals surface area contributed by atoms with E-state index >= 15 is 0 Å². The highest BCUT2D eigenvalue weighted by molar-refractivity contribution is 7.98. The lowest BCUT2D eigenvalue weighted by Gasteiger charge is -2.12. The average Bonchev–Trinajstić information content (AvgIpc) is 2.40. The van der Waals surface area contributed by atoms with Gasteiger partial charge >= 0.3 is 0 Å². The quantitative estimate of drug-likeness (QED) is 0.715. The Kier molecular flexibility index (Phi) is 7.33. The van der Waals surface area contributed by atoms with E-state index in [0.717, 1.165) is 24.2 Å². The van der Waals surface area contributed by atoms with Crippen molar-refractivity contribution in [2.45, 2.75) is 31.2 Å². The lowest BCUT2D eigenvalue weighted by Crippen LogP contribution is -2.26. The van der Waals surface area contributed by atoms with Gasteiger partial charge < -0.3 is 5.73 Å². The Morgan fingerprint density at radius 1 is 1.35 bits per heavy atom. The first-order chi connectivity index (χ1) is 9.42. The molecule has 0 fully saturated rings. The summed E-state index contributed by atoms with van der Waals surface area (Å²) in [6, 6.07) is 3.18. The summed E-state index contributed by atoms with van der Waals surface area (Å²) in [6.45, 7) is 2.45. The summed E-state index contributed by atoms with van der Waals surface area (Å²) in [6.07, 6.45) is 3.85. The van der Waals surface area contributed by atoms with Gasteiger partial charge in [-0.15, -0.1) is 0 Å². The molecule has 1 aromatic carbocycles. The molecule has 0 amide bonds. The molecule has 3 N–H and O–H groups in total. The van der Waals surface area contributed by atoms with Crippen LogP contribution in [0.15, 0.2) is 17.0 Å². The Balaban J connectivity index is 2.84. The Bertz CT molecular complexity index is 548. The van der Waals surface area contributed by atoms with Crippen LogP contribution in [-0.4, -0.2) is 27.0 Å². The highest BCUT2D eigenvalue weighted by Crippen LogP contribution is 2.24. The Labute approximate surface area is 130 Å². The van der Waals surface area contributed by atoms with Crippen LogP contribution in [0.1, 0.15) is 24.0 Å². The van der Waals surface area contributed by atoms with Crippen LogP contribution in [0, 0.1) is 6.92 Å². The second kappa shape index (κ2) is 8.24. The average molecular weight is 337 g/mol. The zero-order valence-electron chi connectivity index (χ0n) is 11.8. The van der Waals surface area contributed by atoms with E-state index in [1.54, 1.807) is 24.8 Å². The predicted molar refractivity (Wildman–Crippen MR) is 86.9 cm³/mol. The predicted octanol–water partition coefficient (Wildman–Crippen LogP) is 2.53. The van der Waals surface area contributed by atoms with Crippen LogP contribution in [0.25, 0.3) is 0 Å². The van der Waals surface area contributed by atoms with Crippen molar-refractivity contribution in [3.05, 3.63) is 28.3 Å². The number of rotatable bonds is 8. The topological polar surface area (TPSA) is 72.2 Å². The lowest BCUT2D eigenvalue weighted by molar-refractivity contribution is 0.577. The normalized spacial score (nSPS) is 11.8. The first kappa shape index (κ1) is 17.8. The monoisotopic (exact) mass is 336 g/mol. The molecule has 1 aromatic rings. The van der Waals surface area contributed by atoms with Crippen molar-refractivity contribution >= 4 is 33.4 Å². The van der Waals surface area contributed by atoms with Crippen LogP contribution in [-0.2, 0) is 16.6 Å². The number of hydrogen-bond acceptors (Lipinski definition) is 4. The fraction of sp³-hybridized carbons (Fsp3) is 0.538. The Morgan fingerprint density at radius 3 is 2.65 bits per heavy atom. The van der Waals surface area contributed by atoms with Gasteiger partial charge in [0.25, 0.3) is 0 Å². The first-order valence-corrected chi connectivity index (χ1v) is 9.65. The van der Waals surface area contributed by atoms with Gasteiger partial charge in [0.05, 0.1) is 4.90 Å². The summed E-state index contributed by atoms with van der Waals surface area (Å²) in [5, 5.41) is 0.388. The number of thioether (sulfide) groups is 1. The zero-order valence-corrected chi connectivity index (χ0v) is 14.2. The van der Waals surface area contributed by atoms with E-state index in [9.17, 15) is 8.42 Å². The third-order valence-corrected chi connectivity index (χ3v) is 5.51. The summed E-state index contributed by atoms with van der Waals surface area (Å²) in [5.74, 6) is 1.04. The molecule has 0 saturated carbocycles. The second-order valence-electron chi connectivity index (χ2n) is 4.49. The molecule has 20 heavy (non-hydrogen) atoms. The molecule has 0 aromatic heterocycles. The van der Waals surface area contributed by atoms with Crippen LogP contribution in [0.5, 0.6) is 0 Å². The number of unbranched alkanes of at least 4 members (excludes halogenated alkanes) is 1. The molecule has 0 aliphatic carbocycles. The van der Waals surface area contributed by atoms with Gasteiger partial charge in [-0.05, 0) is 55.0 Å². The van der Waals surface area contributed by atoms with E-state index in [4.69, 9.17) is 17.3 Å². The summed E-state index contributed by atoms with van der Waals surface area (Å²) >= 11 is 7.72. The van der Waals surface area contributed by atoms with Crippen molar-refractivity contribution in [3.63, 3.8) is 0 Å². The van der Waals surface area contributed by atoms with Crippen LogP contribution < -0.4 is 10.5 Å². The molecule has 0 atom stereocenters. The molecule has 0 aliphatic heterocycles. The molecule has 0 aliphatic rings. The third-order valence-electron chi connectivity index (χ3n) is 3.01. The van der Waals surface area contributed by atoms with Crippen LogP contribution in [0.3, 0.4) is 0 Å². The van der Waals surface area contributed by atoms with Crippen molar-refractivity contribution < 1.29 is 8.42 Å². The lowest BCUT2D eigenvalue weighted by atomic mass is 10.1. The number of sulfonamides is 1. The van der Waals surface area contributed by atoms with E-state index in [2.05, 4.69) is 4.72 Å². The molecule has 0 bridgehead atoms. The number of nitrogens with one attached hydrogen (secondary N) is 1. The van der Waals surface area contributed by atoms with Gasteiger partial charge in [-0.2, -0.15) is 11.8 Å². The molecular weight excluding hydrogens is 316 g/mol. The van der Waals surface area contributed by atoms with E-state index < -0.39 is 10.0 Å². The fourth-order valence-corrected chi connectivity index (χ4v) is 4.04. The van der Waals surface area contributed by atoms with Crippen molar-refractivity contribution in [2.75, 3.05) is 18.6 Å². The number of benzene rings is 1. The molecule has 4 nitrogen and oxygen atoms in total. The molecule has 114 valence electrons. The van der Waals surface area contributed by atoms with Crippen LogP contribution >= 0.6 is 23.4 Å². The van der Waals surface area contributed by atoms with Crippen molar-refractivity contribution in [1.29, 1.82) is 0 Å². The van der Waals surface area contributed by atoms with Gasteiger partial charge in [0.15, 0.2) is 0 Å². The minimum Gasteiger partial charge on any atom is -0.326 e. The summed E-state index contributed by atoms with van der Waals surface area (Å²) in [7, 11) is -3.53. The molecule has 0 spiro atoms. The van der Waals surface area contributed by atoms with Gasteiger partial charge in [-0.1, -0.05) is 11.6 Å². The maximum absolute atomic E-state index is 12.3. The summed E-state index contributed by atoms with van der Waals surface area (Å²) in [4.78, 5) is 0.218. The van der Waals surface area contributed by atoms with E-state index in [1.807, 2.05) is 6.26 Å². The molecule has 0 radical (unpaired) electrons. The minimum atomic E-state index is -3.53. The van der Waals surface area contributed by atoms with Crippen LogP contribution in [0.2, 0.25) is 5.02 Å². The van der Waals surface area contributed by atoms with Gasteiger partial charge in [0.1, 0.15) is 0 Å². The van der Waals surface area contributed by atoms with Gasteiger partial charge in [-0.3, -0.25) is 0 Å². The third kappa shape index (κ3) is 4.93. The first-order valence-electron chi connectivity index (χ1n) is 6.40. The van der Waals surface area contributed by atoms with Gasteiger partial charge in [0, 0.05) is 18.1 Å². The highest BCUT2D eigenvalue weighted by Gasteiger charge is 2.18. The minimum absolute atomic E-state index is 0.218. The Hall–Kier alpha value is -0.270. The molecule has 0 unspecified atom stereocenters. The standard InChI is InChI=1S/C13H21ClN2O2S2/c1-10-11(9-15)7-12(14)8-13(10)20(17,18)16-5-3-4-6-19-2/h7-8,16H,3-6,9,15H2,1-2H3. The zero-order chi connectivity index (χ0) is 15.2. The van der Waals surface area contributed by atoms with Crippen molar-refractivity contribution in [3.8, 4) is 0 Å². The maximum atomic E-state index is 12.3. The molecule has 0 saturated heterocycles. The van der Waals surface area contributed by atoms with Crippen LogP contribution in [0.4, 0.5) is 0 Å². The van der Waals surface area contributed by atoms with E-state index in [0.29, 0.717) is 17.1 Å². The largest absolute Gasteiger partial charge is 0.326 e. The number of halogens is 1. The summed E-state index contributed by atoms with van der Waals surface area (Å²) in [5.41, 5.74) is 7.02. The van der Waals surface area contributed by atoms with Gasteiger partial charge in [-0.25, -0.2) is 13.1 Å². The molecule has 1 rings (SSSR count). The summed E-state index contributed by atoms with van der Waals surface area (Å²) < 4.78 is 27.2. The second-order valence-corrected chi connectivity index (χ2v) is 7.65. The molecule has 7 heteroatoms. The highest BCUT2D eigenvalue weighted by atomic mass is 35.5. The fourth-order valence-electron chi connectivity index (χ4n) is 1.85. The molecular formula is C13H21ClN2O2S2. The van der Waals surface area contributed by atoms with Crippen molar-refractivity contribution in [1.82, 2.24) is 4.72 Å². The SMILES string of the molecule is CSCCCCNS(=O)(=O)c1cc(Cl)cc(CN)c1C. The number of nitrogens with two attached hydrogens (primary N) is 1. The smallest absolute Gasteiger partial charge is 0.240 e. The number of hydrogen-bond donors (Lipinski definition) is 2. The maximum Gasteiger partial charge on any atom is 0.240 e. The van der Waals surface area contributed by atoms with E-state index in [-0.39, 0.29) is 11.4 Å². The van der Waals surface area contributed by atoms with Gasteiger partial charge in [0.2, 0.25) is 10.0 Å². The Morgan fingerprint density at radius 2 is 2.05 bits per heavy atom. The van der Waals surface area contributed by atoms with Crippen molar-refractivity contribution in [2.24, 2.45) is 5.73 Å². The van der Waals surface area contributed by atoms with E-state index in [1.165, 1.54) is 6.07 Å². The molecule has 0 heterocycles.